The van der Waals surface area contributed by atoms with E-state index in [0.29, 0.717) is 23.7 Å². The molecule has 6 heteroatoms. The minimum absolute atomic E-state index is 0.108. The summed E-state index contributed by atoms with van der Waals surface area (Å²) in [5.74, 6) is 0.500. The van der Waals surface area contributed by atoms with E-state index in [9.17, 15) is 9.00 Å². The molecule has 0 bridgehead atoms. The molecule has 2 rings (SSSR count). The zero-order valence-corrected chi connectivity index (χ0v) is 15.4. The Balaban J connectivity index is 2.45. The largest absolute Gasteiger partial charge is 0.496 e. The molecular weight excluding hydrogens is 328 g/mol. The molecule has 0 N–H and O–H groups in total. The lowest BCUT2D eigenvalue weighted by atomic mass is 10.1. The Morgan fingerprint density at radius 2 is 1.96 bits per heavy atom. The van der Waals surface area contributed by atoms with Gasteiger partial charge < -0.3 is 14.2 Å². The Morgan fingerprint density at radius 1 is 1.29 bits per heavy atom. The number of benzene rings is 1. The van der Waals surface area contributed by atoms with Crippen LogP contribution < -0.4 is 9.47 Å². The molecule has 5 nitrogen and oxygen atoms in total. The maximum Gasteiger partial charge on any atom is 0.348 e. The number of allylic oxidation sites excluding steroid dienone is 1. The second-order valence-corrected chi connectivity index (χ2v) is 7.99. The van der Waals surface area contributed by atoms with E-state index in [0.717, 1.165) is 5.57 Å². The molecule has 1 aromatic carbocycles. The molecule has 1 unspecified atom stereocenters. The SMILES string of the molecule is COc1cccc(OCC=C(C)C)c1/C=C1/C(=O)OC(C)(C)S1=O. The summed E-state index contributed by atoms with van der Waals surface area (Å²) >= 11 is 0. The summed E-state index contributed by atoms with van der Waals surface area (Å²) in [6.07, 6.45) is 3.48. The van der Waals surface area contributed by atoms with Crippen molar-refractivity contribution >= 4 is 22.8 Å². The van der Waals surface area contributed by atoms with E-state index < -0.39 is 21.7 Å². The molecule has 0 saturated carbocycles. The van der Waals surface area contributed by atoms with Gasteiger partial charge in [0.05, 0.1) is 12.7 Å². The van der Waals surface area contributed by atoms with Crippen molar-refractivity contribution in [1.82, 2.24) is 0 Å². The van der Waals surface area contributed by atoms with E-state index in [4.69, 9.17) is 14.2 Å². The number of rotatable bonds is 5. The predicted molar refractivity (Wildman–Crippen MR) is 94.2 cm³/mol. The molecule has 1 aliphatic heterocycles. The summed E-state index contributed by atoms with van der Waals surface area (Å²) in [5.41, 5.74) is 1.71. The standard InChI is InChI=1S/C18H22O5S/c1-12(2)9-10-22-15-8-6-7-14(21-5)13(15)11-16-17(19)23-18(3,4)24(16)20/h6-9,11H,10H2,1-5H3/b16-11-. The predicted octanol–water partition coefficient (Wildman–Crippen LogP) is 3.42. The van der Waals surface area contributed by atoms with Gasteiger partial charge in [0.2, 0.25) is 0 Å². The molecule has 24 heavy (non-hydrogen) atoms. The Labute approximate surface area is 144 Å². The van der Waals surface area contributed by atoms with Crippen molar-refractivity contribution in [2.45, 2.75) is 32.6 Å². The van der Waals surface area contributed by atoms with E-state index in [-0.39, 0.29) is 4.91 Å². The Kier molecular flexibility index (Phi) is 5.49. The van der Waals surface area contributed by atoms with Gasteiger partial charge in [0.25, 0.3) is 0 Å². The topological polar surface area (TPSA) is 61.8 Å². The van der Waals surface area contributed by atoms with Crippen LogP contribution in [0.5, 0.6) is 11.5 Å². The van der Waals surface area contributed by atoms with Crippen LogP contribution in [0.15, 0.2) is 34.8 Å². The number of hydrogen-bond donors (Lipinski definition) is 0. The second kappa shape index (κ2) is 7.21. The molecule has 0 aliphatic carbocycles. The fraction of sp³-hybridized carbons (Fsp3) is 0.389. The van der Waals surface area contributed by atoms with Crippen LogP contribution >= 0.6 is 0 Å². The minimum atomic E-state index is -1.57. The summed E-state index contributed by atoms with van der Waals surface area (Å²) in [4.78, 5) is 11.1. The third-order valence-corrected chi connectivity index (χ3v) is 5.10. The number of methoxy groups -OCH3 is 1. The van der Waals surface area contributed by atoms with Gasteiger partial charge in [-0.05, 0) is 52.0 Å². The number of carbonyl (C=O) groups excluding carboxylic acids is 1. The monoisotopic (exact) mass is 350 g/mol. The van der Waals surface area contributed by atoms with Gasteiger partial charge in [0.15, 0.2) is 4.93 Å². The maximum atomic E-state index is 12.5. The van der Waals surface area contributed by atoms with Gasteiger partial charge in [-0.1, -0.05) is 11.6 Å². The van der Waals surface area contributed by atoms with Crippen molar-refractivity contribution in [3.63, 3.8) is 0 Å². The molecule has 1 saturated heterocycles. The maximum absolute atomic E-state index is 12.5. The first-order valence-electron chi connectivity index (χ1n) is 7.56. The van der Waals surface area contributed by atoms with Crippen LogP contribution in [0.3, 0.4) is 0 Å². The molecule has 1 aromatic rings. The average Bonchev–Trinajstić information content (AvgIpc) is 2.70. The lowest BCUT2D eigenvalue weighted by Crippen LogP contribution is -2.22. The first-order chi connectivity index (χ1) is 11.3. The van der Waals surface area contributed by atoms with E-state index in [2.05, 4.69) is 0 Å². The lowest BCUT2D eigenvalue weighted by Gasteiger charge is -2.13. The third-order valence-electron chi connectivity index (χ3n) is 3.44. The summed E-state index contributed by atoms with van der Waals surface area (Å²) in [5, 5.41) is 0. The van der Waals surface area contributed by atoms with Crippen molar-refractivity contribution < 1.29 is 23.2 Å². The molecule has 0 aromatic heterocycles. The molecule has 1 aliphatic rings. The number of esters is 1. The highest BCUT2D eigenvalue weighted by Gasteiger charge is 2.44. The highest BCUT2D eigenvalue weighted by Crippen LogP contribution is 2.36. The summed E-state index contributed by atoms with van der Waals surface area (Å²) in [6.45, 7) is 7.60. The highest BCUT2D eigenvalue weighted by atomic mass is 32.2. The van der Waals surface area contributed by atoms with Crippen molar-refractivity contribution in [3.05, 3.63) is 40.3 Å². The summed E-state index contributed by atoms with van der Waals surface area (Å²) < 4.78 is 28.8. The fourth-order valence-corrected chi connectivity index (χ4v) is 3.26. The first-order valence-corrected chi connectivity index (χ1v) is 8.71. The Hall–Kier alpha value is -2.08. The second-order valence-electron chi connectivity index (χ2n) is 6.03. The first kappa shape index (κ1) is 18.3. The van der Waals surface area contributed by atoms with Crippen molar-refractivity contribution in [2.24, 2.45) is 0 Å². The zero-order chi connectivity index (χ0) is 17.9. The Bertz CT molecular complexity index is 727. The molecule has 0 spiro atoms. The van der Waals surface area contributed by atoms with Crippen LogP contribution in [0.1, 0.15) is 33.3 Å². The van der Waals surface area contributed by atoms with Gasteiger partial charge in [-0.3, -0.25) is 0 Å². The molecule has 1 fully saturated rings. The summed E-state index contributed by atoms with van der Waals surface area (Å²) in [6, 6.07) is 5.34. The van der Waals surface area contributed by atoms with Gasteiger partial charge in [0.1, 0.15) is 33.8 Å². The number of cyclic esters (lactones) is 1. The normalized spacial score (nSPS) is 20.6. The molecule has 0 radical (unpaired) electrons. The van der Waals surface area contributed by atoms with E-state index in [1.165, 1.54) is 13.2 Å². The quantitative estimate of drug-likeness (QED) is 0.462. The van der Waals surface area contributed by atoms with Crippen LogP contribution in [0.2, 0.25) is 0 Å². The molecule has 1 atom stereocenters. The Morgan fingerprint density at radius 3 is 2.50 bits per heavy atom. The fourth-order valence-electron chi connectivity index (χ4n) is 2.16. The van der Waals surface area contributed by atoms with Crippen molar-refractivity contribution in [1.29, 1.82) is 0 Å². The van der Waals surface area contributed by atoms with Crippen LogP contribution in [-0.2, 0) is 20.3 Å². The summed E-state index contributed by atoms with van der Waals surface area (Å²) in [7, 11) is -0.0340. The number of ether oxygens (including phenoxy) is 3. The molecule has 130 valence electrons. The van der Waals surface area contributed by atoms with E-state index in [1.54, 1.807) is 32.0 Å². The van der Waals surface area contributed by atoms with Crippen LogP contribution in [0.4, 0.5) is 0 Å². The number of carbonyl (C=O) groups is 1. The van der Waals surface area contributed by atoms with E-state index >= 15 is 0 Å². The smallest absolute Gasteiger partial charge is 0.348 e. The van der Waals surface area contributed by atoms with Crippen LogP contribution in [-0.4, -0.2) is 28.8 Å². The van der Waals surface area contributed by atoms with Gasteiger partial charge in [-0.15, -0.1) is 0 Å². The van der Waals surface area contributed by atoms with Gasteiger partial charge in [-0.25, -0.2) is 9.00 Å². The van der Waals surface area contributed by atoms with Gasteiger partial charge >= 0.3 is 5.97 Å². The third kappa shape index (κ3) is 3.87. The van der Waals surface area contributed by atoms with Crippen molar-refractivity contribution in [2.75, 3.05) is 13.7 Å². The van der Waals surface area contributed by atoms with Crippen LogP contribution in [0, 0.1) is 0 Å². The molecular formula is C18H22O5S. The van der Waals surface area contributed by atoms with Gasteiger partial charge in [-0.2, -0.15) is 0 Å². The minimum Gasteiger partial charge on any atom is -0.496 e. The van der Waals surface area contributed by atoms with E-state index in [1.807, 2.05) is 19.9 Å². The average molecular weight is 350 g/mol. The van der Waals surface area contributed by atoms with Crippen LogP contribution in [0.25, 0.3) is 6.08 Å². The highest BCUT2D eigenvalue weighted by molar-refractivity contribution is 7.91. The lowest BCUT2D eigenvalue weighted by molar-refractivity contribution is -0.141. The molecule has 1 heterocycles. The zero-order valence-electron chi connectivity index (χ0n) is 14.5. The van der Waals surface area contributed by atoms with Gasteiger partial charge in [0, 0.05) is 0 Å². The molecule has 0 amide bonds. The number of hydrogen-bond acceptors (Lipinski definition) is 5. The van der Waals surface area contributed by atoms with Crippen molar-refractivity contribution in [3.8, 4) is 11.5 Å².